The van der Waals surface area contributed by atoms with Crippen LogP contribution in [0.25, 0.3) is 16.6 Å². The Morgan fingerprint density at radius 3 is 2.66 bits per heavy atom. The van der Waals surface area contributed by atoms with E-state index in [1.807, 2.05) is 19.1 Å². The number of sulfonamides is 1. The molecular formula is C30H43N3O4S. The monoisotopic (exact) mass is 541 g/mol. The van der Waals surface area contributed by atoms with E-state index in [0.29, 0.717) is 23.7 Å². The summed E-state index contributed by atoms with van der Waals surface area (Å²) in [5, 5.41) is 0.940. The first-order chi connectivity index (χ1) is 18.4. The Bertz CT molecular complexity index is 1330. The predicted molar refractivity (Wildman–Crippen MR) is 151 cm³/mol. The maximum absolute atomic E-state index is 13.3. The van der Waals surface area contributed by atoms with Crippen molar-refractivity contribution in [2.24, 2.45) is 5.41 Å². The molecule has 7 nitrogen and oxygen atoms in total. The van der Waals surface area contributed by atoms with E-state index < -0.39 is 10.0 Å². The molecule has 5 rings (SSSR count). The van der Waals surface area contributed by atoms with Gasteiger partial charge in [0.25, 0.3) is 0 Å². The molecule has 0 unspecified atom stereocenters. The SMILES string of the molecule is CCCCCCCCNS(=O)(=O)c1ccc2c(c1)c1c3n2C(C(=O)OCC)=C[C@]2(CC)CCCN(CC1)[C@H]32. The van der Waals surface area contributed by atoms with Gasteiger partial charge in [0.05, 0.1) is 23.1 Å². The standard InChI is InChI=1S/C30H43N3O4S/c1-4-7-8-9-10-11-17-31-38(35,36)22-13-14-25-24(20-22)23-15-19-32-18-12-16-30(5-2)21-26(29(34)37-6-3)33(25)27(23)28(30)32/h13-14,20-21,28,31H,4-12,15-19H2,1-3H3/t28-,30+/m1/s1. The highest BCUT2D eigenvalue weighted by molar-refractivity contribution is 7.89. The molecule has 1 aromatic heterocycles. The van der Waals surface area contributed by atoms with Crippen LogP contribution < -0.4 is 4.72 Å². The lowest BCUT2D eigenvalue weighted by molar-refractivity contribution is -0.136. The highest BCUT2D eigenvalue weighted by Gasteiger charge is 2.51. The number of carbonyl (C=O) groups excluding carboxylic acids is 1. The van der Waals surface area contributed by atoms with Gasteiger partial charge in [0.1, 0.15) is 5.70 Å². The Kier molecular flexibility index (Phi) is 8.04. The van der Waals surface area contributed by atoms with Crippen molar-refractivity contribution < 1.29 is 17.9 Å². The van der Waals surface area contributed by atoms with E-state index >= 15 is 0 Å². The lowest BCUT2D eigenvalue weighted by Gasteiger charge is -2.53. The Hall–Kier alpha value is -2.16. The molecule has 4 heterocycles. The molecule has 1 fully saturated rings. The van der Waals surface area contributed by atoms with Gasteiger partial charge in [-0.1, -0.05) is 46.0 Å². The van der Waals surface area contributed by atoms with Gasteiger partial charge in [0.15, 0.2) is 0 Å². The number of nitrogens with zero attached hydrogens (tertiary/aromatic N) is 2. The molecule has 1 N–H and O–H groups in total. The zero-order valence-electron chi connectivity index (χ0n) is 23.2. The van der Waals surface area contributed by atoms with Gasteiger partial charge in [-0.2, -0.15) is 0 Å². The number of nitrogens with one attached hydrogen (secondary N) is 1. The molecule has 3 aliphatic rings. The van der Waals surface area contributed by atoms with E-state index in [4.69, 9.17) is 4.74 Å². The highest BCUT2D eigenvalue weighted by atomic mass is 32.2. The molecule has 0 amide bonds. The van der Waals surface area contributed by atoms with Gasteiger partial charge in [-0.05, 0) is 75.4 Å². The Morgan fingerprint density at radius 2 is 1.89 bits per heavy atom. The Labute approximate surface area is 227 Å². The predicted octanol–water partition coefficient (Wildman–Crippen LogP) is 5.79. The zero-order valence-corrected chi connectivity index (χ0v) is 24.0. The van der Waals surface area contributed by atoms with Crippen molar-refractivity contribution >= 4 is 32.6 Å². The van der Waals surface area contributed by atoms with Crippen LogP contribution in [0.4, 0.5) is 0 Å². The summed E-state index contributed by atoms with van der Waals surface area (Å²) in [6.45, 7) is 9.03. The molecule has 0 spiro atoms. The molecule has 208 valence electrons. The molecule has 0 aliphatic carbocycles. The normalized spacial score (nSPS) is 22.8. The molecule has 0 bridgehead atoms. The fourth-order valence-electron chi connectivity index (χ4n) is 7.02. The average molecular weight is 542 g/mol. The molecule has 0 radical (unpaired) electrons. The minimum atomic E-state index is -3.62. The summed E-state index contributed by atoms with van der Waals surface area (Å²) in [5.41, 5.74) is 3.70. The van der Waals surface area contributed by atoms with Crippen LogP contribution in [-0.2, 0) is 26.0 Å². The summed E-state index contributed by atoms with van der Waals surface area (Å²) in [4.78, 5) is 16.1. The lowest BCUT2D eigenvalue weighted by Crippen LogP contribution is -2.51. The number of piperidine rings is 1. The number of ether oxygens (including phenoxy) is 1. The topological polar surface area (TPSA) is 80.6 Å². The maximum Gasteiger partial charge on any atom is 0.354 e. The fourth-order valence-corrected chi connectivity index (χ4v) is 8.12. The number of aromatic nitrogens is 1. The summed E-state index contributed by atoms with van der Waals surface area (Å²) in [5.74, 6) is -0.307. The van der Waals surface area contributed by atoms with Gasteiger partial charge in [-0.15, -0.1) is 0 Å². The van der Waals surface area contributed by atoms with Crippen LogP contribution in [0.5, 0.6) is 0 Å². The van der Waals surface area contributed by atoms with Gasteiger partial charge < -0.3 is 9.30 Å². The third kappa shape index (κ3) is 4.73. The largest absolute Gasteiger partial charge is 0.461 e. The molecule has 3 aliphatic heterocycles. The van der Waals surface area contributed by atoms with Gasteiger partial charge in [-0.25, -0.2) is 17.9 Å². The van der Waals surface area contributed by atoms with Crippen molar-refractivity contribution in [3.8, 4) is 0 Å². The molecule has 2 atom stereocenters. The summed E-state index contributed by atoms with van der Waals surface area (Å²) in [6.07, 6.45) is 12.8. The van der Waals surface area contributed by atoms with Crippen molar-refractivity contribution in [3.63, 3.8) is 0 Å². The van der Waals surface area contributed by atoms with E-state index in [9.17, 15) is 13.2 Å². The van der Waals surface area contributed by atoms with Crippen LogP contribution >= 0.6 is 0 Å². The second-order valence-electron chi connectivity index (χ2n) is 11.2. The lowest BCUT2D eigenvalue weighted by atomic mass is 9.66. The molecule has 38 heavy (non-hydrogen) atoms. The first-order valence-electron chi connectivity index (χ1n) is 14.7. The number of hydrogen-bond acceptors (Lipinski definition) is 5. The number of rotatable bonds is 12. The van der Waals surface area contributed by atoms with Crippen molar-refractivity contribution in [1.82, 2.24) is 14.2 Å². The second-order valence-corrected chi connectivity index (χ2v) is 12.9. The van der Waals surface area contributed by atoms with Crippen molar-refractivity contribution in [2.75, 3.05) is 26.2 Å². The molecule has 8 heteroatoms. The van der Waals surface area contributed by atoms with Gasteiger partial charge in [-0.3, -0.25) is 4.90 Å². The van der Waals surface area contributed by atoms with E-state index in [2.05, 4.69) is 34.1 Å². The maximum atomic E-state index is 13.3. The quantitative estimate of drug-likeness (QED) is 0.272. The number of unbranched alkanes of at least 4 members (excludes halogenated alkanes) is 5. The number of benzene rings is 1. The van der Waals surface area contributed by atoms with E-state index in [1.54, 1.807) is 6.07 Å². The zero-order chi connectivity index (χ0) is 26.9. The summed E-state index contributed by atoms with van der Waals surface area (Å²) < 4.78 is 36.9. The molecule has 1 saturated heterocycles. The molecule has 2 aromatic rings. The van der Waals surface area contributed by atoms with Crippen LogP contribution in [0.3, 0.4) is 0 Å². The number of esters is 1. The van der Waals surface area contributed by atoms with Crippen LogP contribution in [0.1, 0.15) is 95.9 Å². The van der Waals surface area contributed by atoms with Crippen molar-refractivity contribution in [2.45, 2.75) is 95.9 Å². The fraction of sp³-hybridized carbons (Fsp3) is 0.633. The third-order valence-corrected chi connectivity index (χ3v) is 10.4. The summed E-state index contributed by atoms with van der Waals surface area (Å²) in [7, 11) is -3.62. The van der Waals surface area contributed by atoms with E-state index in [1.165, 1.54) is 24.8 Å². The smallest absolute Gasteiger partial charge is 0.354 e. The minimum Gasteiger partial charge on any atom is -0.461 e. The Morgan fingerprint density at radius 1 is 1.11 bits per heavy atom. The van der Waals surface area contributed by atoms with Crippen LogP contribution in [-0.4, -0.2) is 50.1 Å². The second kappa shape index (κ2) is 11.1. The average Bonchev–Trinajstić information content (AvgIpc) is 3.26. The molecule has 0 saturated carbocycles. The van der Waals surface area contributed by atoms with Crippen molar-refractivity contribution in [3.05, 3.63) is 35.5 Å². The number of hydrogen-bond donors (Lipinski definition) is 1. The molecular weight excluding hydrogens is 498 g/mol. The first kappa shape index (κ1) is 27.4. The highest BCUT2D eigenvalue weighted by Crippen LogP contribution is 2.57. The number of fused-ring (bicyclic) bond motifs is 3. The van der Waals surface area contributed by atoms with Crippen LogP contribution in [0, 0.1) is 5.41 Å². The Balaban J connectivity index is 1.52. The van der Waals surface area contributed by atoms with Crippen LogP contribution in [0.2, 0.25) is 0 Å². The summed E-state index contributed by atoms with van der Waals surface area (Å²) in [6, 6.07) is 5.59. The van der Waals surface area contributed by atoms with E-state index in [-0.39, 0.29) is 17.4 Å². The van der Waals surface area contributed by atoms with Crippen molar-refractivity contribution in [1.29, 1.82) is 0 Å². The first-order valence-corrected chi connectivity index (χ1v) is 16.2. The van der Waals surface area contributed by atoms with Gasteiger partial charge in [0, 0.05) is 29.6 Å². The number of carbonyl (C=O) groups is 1. The van der Waals surface area contributed by atoms with Gasteiger partial charge >= 0.3 is 5.97 Å². The third-order valence-electron chi connectivity index (χ3n) is 8.93. The minimum absolute atomic E-state index is 0.118. The van der Waals surface area contributed by atoms with Crippen LogP contribution in [0.15, 0.2) is 29.2 Å². The summed E-state index contributed by atoms with van der Waals surface area (Å²) >= 11 is 0. The van der Waals surface area contributed by atoms with Gasteiger partial charge in [0.2, 0.25) is 10.0 Å². The van der Waals surface area contributed by atoms with E-state index in [0.717, 1.165) is 74.6 Å². The molecule has 1 aromatic carbocycles.